The highest BCUT2D eigenvalue weighted by Gasteiger charge is 2.31. The maximum absolute atomic E-state index is 12.9. The zero-order valence-corrected chi connectivity index (χ0v) is 18.0. The van der Waals surface area contributed by atoms with Crippen molar-refractivity contribution < 1.29 is 22.4 Å². The normalized spacial score (nSPS) is 15.8. The lowest BCUT2D eigenvalue weighted by molar-refractivity contribution is 0.0483. The Labute approximate surface area is 180 Å². The van der Waals surface area contributed by atoms with E-state index in [2.05, 4.69) is 10.00 Å². The topological polar surface area (TPSA) is 97.9 Å². The Hall–Kier alpha value is -2.95. The Bertz CT molecular complexity index is 1130. The van der Waals surface area contributed by atoms with Gasteiger partial charge in [-0.1, -0.05) is 18.2 Å². The van der Waals surface area contributed by atoms with Gasteiger partial charge in [0.2, 0.25) is 10.9 Å². The highest BCUT2D eigenvalue weighted by Crippen LogP contribution is 2.21. The molecule has 0 unspecified atom stereocenters. The number of carbonyl (C=O) groups excluding carboxylic acids is 1. The number of carbonyl (C=O) groups is 1. The van der Waals surface area contributed by atoms with E-state index < -0.39 is 16.0 Å². The predicted molar refractivity (Wildman–Crippen MR) is 112 cm³/mol. The molecule has 1 aromatic carbocycles. The molecule has 0 atom stereocenters. The minimum Gasteiger partial charge on any atom is -0.460 e. The number of hydrogen-bond acceptors (Lipinski definition) is 7. The first-order valence-corrected chi connectivity index (χ1v) is 11.5. The quantitative estimate of drug-likeness (QED) is 0.515. The molecule has 9 nitrogen and oxygen atoms in total. The summed E-state index contributed by atoms with van der Waals surface area (Å²) in [7, 11) is -3.80. The van der Waals surface area contributed by atoms with Gasteiger partial charge in [-0.25, -0.2) is 17.9 Å². The summed E-state index contributed by atoms with van der Waals surface area (Å²) in [5.74, 6) is -0.792. The second-order valence-electron chi connectivity index (χ2n) is 7.15. The largest absolute Gasteiger partial charge is 0.460 e. The number of aromatic nitrogens is 2. The number of furan rings is 1. The third-order valence-electron chi connectivity index (χ3n) is 5.05. The Morgan fingerprint density at radius 2 is 1.84 bits per heavy atom. The summed E-state index contributed by atoms with van der Waals surface area (Å²) < 4.78 is 39.0. The molecule has 0 amide bonds. The van der Waals surface area contributed by atoms with Gasteiger partial charge in [-0.05, 0) is 31.2 Å². The van der Waals surface area contributed by atoms with Gasteiger partial charge in [-0.15, -0.1) is 0 Å². The van der Waals surface area contributed by atoms with Gasteiger partial charge in [0.15, 0.2) is 0 Å². The number of benzene rings is 1. The molecule has 31 heavy (non-hydrogen) atoms. The van der Waals surface area contributed by atoms with E-state index in [0.29, 0.717) is 32.7 Å². The van der Waals surface area contributed by atoms with Crippen LogP contribution in [0.15, 0.2) is 64.4 Å². The first-order valence-electron chi connectivity index (χ1n) is 10.1. The van der Waals surface area contributed by atoms with E-state index in [1.54, 1.807) is 6.92 Å². The van der Waals surface area contributed by atoms with Crippen molar-refractivity contribution in [2.75, 3.05) is 32.8 Å². The smallest absolute Gasteiger partial charge is 0.374 e. The van der Waals surface area contributed by atoms with Gasteiger partial charge in [-0.3, -0.25) is 4.90 Å². The lowest BCUT2D eigenvalue weighted by Crippen LogP contribution is -2.48. The van der Waals surface area contributed by atoms with E-state index in [1.807, 2.05) is 47.4 Å². The Morgan fingerprint density at radius 3 is 2.55 bits per heavy atom. The van der Waals surface area contributed by atoms with Crippen molar-refractivity contribution >= 4 is 16.0 Å². The average molecular weight is 445 g/mol. The molecule has 0 saturated carbocycles. The number of sulfonamides is 1. The van der Waals surface area contributed by atoms with Crippen LogP contribution in [0.4, 0.5) is 0 Å². The summed E-state index contributed by atoms with van der Waals surface area (Å²) in [5, 5.41) is 4.17. The van der Waals surface area contributed by atoms with Crippen LogP contribution in [-0.2, 0) is 21.3 Å². The van der Waals surface area contributed by atoms with Crippen molar-refractivity contribution in [1.82, 2.24) is 19.0 Å². The number of hydrogen-bond donors (Lipinski definition) is 0. The minimum atomic E-state index is -3.80. The second kappa shape index (κ2) is 9.04. The third kappa shape index (κ3) is 4.71. The molecule has 1 saturated heterocycles. The summed E-state index contributed by atoms with van der Waals surface area (Å²) in [6, 6.07) is 12.5. The summed E-state index contributed by atoms with van der Waals surface area (Å²) >= 11 is 0. The van der Waals surface area contributed by atoms with Crippen LogP contribution < -0.4 is 0 Å². The van der Waals surface area contributed by atoms with E-state index in [1.165, 1.54) is 16.4 Å². The number of piperazine rings is 1. The molecule has 0 bridgehead atoms. The van der Waals surface area contributed by atoms with E-state index in [0.717, 1.165) is 11.3 Å². The minimum absolute atomic E-state index is 0.116. The van der Waals surface area contributed by atoms with Crippen LogP contribution in [-0.4, -0.2) is 66.2 Å². The molecule has 4 rings (SSSR count). The number of rotatable bonds is 7. The summed E-state index contributed by atoms with van der Waals surface area (Å²) in [5.41, 5.74) is 2.05. The first-order chi connectivity index (χ1) is 15.0. The molecule has 10 heteroatoms. The van der Waals surface area contributed by atoms with E-state index in [-0.39, 0.29) is 17.5 Å². The average Bonchev–Trinajstić information content (AvgIpc) is 3.46. The second-order valence-corrected chi connectivity index (χ2v) is 9.02. The maximum Gasteiger partial charge on any atom is 0.374 e. The molecule has 1 fully saturated rings. The fourth-order valence-electron chi connectivity index (χ4n) is 3.45. The van der Waals surface area contributed by atoms with Crippen molar-refractivity contribution in [2.45, 2.75) is 18.6 Å². The monoisotopic (exact) mass is 444 g/mol. The van der Waals surface area contributed by atoms with Crippen LogP contribution in [0.3, 0.4) is 0 Å². The molecule has 0 radical (unpaired) electrons. The SMILES string of the molecule is CCOC(=O)c1ccc(S(=O)(=O)N2CCN(Cc3cnn(-c4ccccc4)c3)CC2)o1. The van der Waals surface area contributed by atoms with Crippen molar-refractivity contribution in [3.63, 3.8) is 0 Å². The Balaban J connectivity index is 1.35. The number of esters is 1. The summed E-state index contributed by atoms with van der Waals surface area (Å²) in [6.45, 7) is 4.39. The molecular weight excluding hydrogens is 420 g/mol. The van der Waals surface area contributed by atoms with Gasteiger partial charge in [0.1, 0.15) is 0 Å². The molecular formula is C21H24N4O5S. The Morgan fingerprint density at radius 1 is 1.10 bits per heavy atom. The molecule has 1 aliphatic rings. The van der Waals surface area contributed by atoms with Gasteiger partial charge in [0, 0.05) is 44.5 Å². The fraction of sp³-hybridized carbons (Fsp3) is 0.333. The van der Waals surface area contributed by atoms with Gasteiger partial charge in [-0.2, -0.15) is 9.40 Å². The first kappa shape index (κ1) is 21.3. The summed E-state index contributed by atoms with van der Waals surface area (Å²) in [6.07, 6.45) is 3.81. The third-order valence-corrected chi connectivity index (χ3v) is 6.82. The van der Waals surface area contributed by atoms with E-state index in [9.17, 15) is 13.2 Å². The standard InChI is InChI=1S/C21H24N4O5S/c1-2-29-21(26)19-8-9-20(30-19)31(27,28)24-12-10-23(11-13-24)15-17-14-22-25(16-17)18-6-4-3-5-7-18/h3-9,14,16H,2,10-13,15H2,1H3. The van der Waals surface area contributed by atoms with Crippen LogP contribution in [0.5, 0.6) is 0 Å². The highest BCUT2D eigenvalue weighted by molar-refractivity contribution is 7.89. The van der Waals surface area contributed by atoms with Crippen molar-refractivity contribution in [1.29, 1.82) is 0 Å². The summed E-state index contributed by atoms with van der Waals surface area (Å²) in [4.78, 5) is 13.9. The fourth-order valence-corrected chi connectivity index (χ4v) is 4.78. The lowest BCUT2D eigenvalue weighted by Gasteiger charge is -2.33. The van der Waals surface area contributed by atoms with Gasteiger partial charge in [0.25, 0.3) is 10.0 Å². The zero-order valence-electron chi connectivity index (χ0n) is 17.2. The van der Waals surface area contributed by atoms with Crippen molar-refractivity contribution in [3.8, 4) is 5.69 Å². The number of ether oxygens (including phenoxy) is 1. The molecule has 0 aliphatic carbocycles. The number of nitrogens with zero attached hydrogens (tertiary/aromatic N) is 4. The molecule has 1 aliphatic heterocycles. The molecule has 0 spiro atoms. The van der Waals surface area contributed by atoms with Crippen LogP contribution in [0.1, 0.15) is 23.0 Å². The van der Waals surface area contributed by atoms with Gasteiger partial charge in [0.05, 0.1) is 18.5 Å². The van der Waals surface area contributed by atoms with Gasteiger partial charge >= 0.3 is 5.97 Å². The molecule has 3 heterocycles. The lowest BCUT2D eigenvalue weighted by atomic mass is 10.3. The highest BCUT2D eigenvalue weighted by atomic mass is 32.2. The molecule has 0 N–H and O–H groups in total. The molecule has 2 aromatic heterocycles. The van der Waals surface area contributed by atoms with Crippen LogP contribution >= 0.6 is 0 Å². The maximum atomic E-state index is 12.9. The van der Waals surface area contributed by atoms with Crippen LogP contribution in [0.25, 0.3) is 5.69 Å². The van der Waals surface area contributed by atoms with Gasteiger partial charge < -0.3 is 9.15 Å². The predicted octanol–water partition coefficient (Wildman–Crippen LogP) is 2.15. The Kier molecular flexibility index (Phi) is 6.21. The molecule has 3 aromatic rings. The van der Waals surface area contributed by atoms with Crippen LogP contribution in [0, 0.1) is 0 Å². The zero-order chi connectivity index (χ0) is 21.8. The van der Waals surface area contributed by atoms with Crippen molar-refractivity contribution in [2.24, 2.45) is 0 Å². The number of para-hydroxylation sites is 1. The molecule has 164 valence electrons. The van der Waals surface area contributed by atoms with Crippen LogP contribution in [0.2, 0.25) is 0 Å². The van der Waals surface area contributed by atoms with E-state index >= 15 is 0 Å². The van der Waals surface area contributed by atoms with E-state index in [4.69, 9.17) is 9.15 Å². The van der Waals surface area contributed by atoms with Crippen molar-refractivity contribution in [3.05, 3.63) is 66.2 Å².